The molecule has 13 heavy (non-hydrogen) atoms. The lowest BCUT2D eigenvalue weighted by atomic mass is 9.82. The summed E-state index contributed by atoms with van der Waals surface area (Å²) < 4.78 is 0. The minimum atomic E-state index is -0.213. The zero-order valence-corrected chi connectivity index (χ0v) is 8.46. The molecule has 1 rings (SSSR count). The summed E-state index contributed by atoms with van der Waals surface area (Å²) in [5.74, 6) is 0.597. The smallest absolute Gasteiger partial charge is 0.133 e. The topological polar surface area (TPSA) is 37.3 Å². The summed E-state index contributed by atoms with van der Waals surface area (Å²) in [5, 5.41) is 9.63. The molecule has 0 radical (unpaired) electrons. The van der Waals surface area contributed by atoms with Gasteiger partial charge in [0.25, 0.3) is 0 Å². The van der Waals surface area contributed by atoms with Gasteiger partial charge in [-0.05, 0) is 18.8 Å². The Balaban J connectivity index is 2.25. The van der Waals surface area contributed by atoms with Crippen molar-refractivity contribution >= 4 is 5.78 Å². The summed E-state index contributed by atoms with van der Waals surface area (Å²) in [4.78, 5) is 11.1. The zero-order valence-electron chi connectivity index (χ0n) is 8.46. The number of unbranched alkanes of at least 4 members (excludes halogenated alkanes) is 2. The van der Waals surface area contributed by atoms with E-state index in [0.29, 0.717) is 25.0 Å². The van der Waals surface area contributed by atoms with Crippen LogP contribution in [0.2, 0.25) is 0 Å². The lowest BCUT2D eigenvalue weighted by molar-refractivity contribution is -0.124. The van der Waals surface area contributed by atoms with Crippen molar-refractivity contribution in [3.8, 4) is 0 Å². The van der Waals surface area contributed by atoms with Gasteiger partial charge >= 0.3 is 0 Å². The van der Waals surface area contributed by atoms with Gasteiger partial charge in [0.2, 0.25) is 0 Å². The molecular weight excluding hydrogens is 164 g/mol. The number of Topliss-reactive ketones (excluding diaryl/α,β-unsaturated/α-hetero) is 1. The molecule has 2 unspecified atom stereocenters. The van der Waals surface area contributed by atoms with Crippen LogP contribution in [-0.2, 0) is 4.79 Å². The van der Waals surface area contributed by atoms with E-state index < -0.39 is 0 Å². The van der Waals surface area contributed by atoms with Crippen molar-refractivity contribution in [3.05, 3.63) is 0 Å². The Morgan fingerprint density at radius 3 is 2.92 bits per heavy atom. The number of aliphatic hydroxyl groups is 1. The first-order valence-corrected chi connectivity index (χ1v) is 5.43. The molecular formula is C11H20O2. The van der Waals surface area contributed by atoms with Crippen LogP contribution in [0.15, 0.2) is 0 Å². The van der Waals surface area contributed by atoms with E-state index in [0.717, 1.165) is 12.8 Å². The van der Waals surface area contributed by atoms with Gasteiger partial charge in [0.15, 0.2) is 0 Å². The zero-order chi connectivity index (χ0) is 9.68. The van der Waals surface area contributed by atoms with Gasteiger partial charge in [-0.3, -0.25) is 4.79 Å². The fraction of sp³-hybridized carbons (Fsp3) is 0.909. The molecule has 0 aromatic heterocycles. The number of carbonyl (C=O) groups is 1. The molecule has 1 fully saturated rings. The first-order chi connectivity index (χ1) is 6.24. The Hall–Kier alpha value is -0.370. The molecule has 2 heteroatoms. The van der Waals surface area contributed by atoms with Gasteiger partial charge in [-0.15, -0.1) is 0 Å². The Bertz CT molecular complexity index is 165. The Labute approximate surface area is 80.3 Å². The van der Waals surface area contributed by atoms with Crippen molar-refractivity contribution in [2.45, 2.75) is 58.0 Å². The van der Waals surface area contributed by atoms with Crippen molar-refractivity contribution in [1.29, 1.82) is 0 Å². The van der Waals surface area contributed by atoms with Gasteiger partial charge in [0.05, 0.1) is 6.10 Å². The highest BCUT2D eigenvalue weighted by Crippen LogP contribution is 2.26. The van der Waals surface area contributed by atoms with Crippen LogP contribution >= 0.6 is 0 Å². The van der Waals surface area contributed by atoms with Gasteiger partial charge in [-0.1, -0.05) is 26.2 Å². The molecule has 0 amide bonds. The van der Waals surface area contributed by atoms with Crippen LogP contribution in [0.1, 0.15) is 51.9 Å². The summed E-state index contributed by atoms with van der Waals surface area (Å²) in [6, 6.07) is 0. The quantitative estimate of drug-likeness (QED) is 0.681. The molecule has 2 atom stereocenters. The molecule has 1 aliphatic rings. The van der Waals surface area contributed by atoms with Crippen LogP contribution < -0.4 is 0 Å². The second kappa shape index (κ2) is 5.38. The number of hydrogen-bond acceptors (Lipinski definition) is 2. The van der Waals surface area contributed by atoms with Crippen LogP contribution in [0.25, 0.3) is 0 Å². The summed E-state index contributed by atoms with van der Waals surface area (Å²) in [7, 11) is 0. The maximum atomic E-state index is 11.1. The summed E-state index contributed by atoms with van der Waals surface area (Å²) in [6.45, 7) is 2.17. The van der Waals surface area contributed by atoms with Crippen molar-refractivity contribution in [2.24, 2.45) is 5.92 Å². The third-order valence-corrected chi connectivity index (χ3v) is 2.93. The predicted molar refractivity (Wildman–Crippen MR) is 52.5 cm³/mol. The summed E-state index contributed by atoms with van der Waals surface area (Å²) in [5.41, 5.74) is 0. The van der Waals surface area contributed by atoms with Gasteiger partial charge in [0.1, 0.15) is 5.78 Å². The normalized spacial score (nSPS) is 29.2. The highest BCUT2D eigenvalue weighted by Gasteiger charge is 2.26. The largest absolute Gasteiger partial charge is 0.393 e. The number of hydrogen-bond donors (Lipinski definition) is 1. The van der Waals surface area contributed by atoms with E-state index in [9.17, 15) is 9.90 Å². The molecule has 1 N–H and O–H groups in total. The van der Waals surface area contributed by atoms with Crippen molar-refractivity contribution in [2.75, 3.05) is 0 Å². The molecule has 1 aliphatic carbocycles. The van der Waals surface area contributed by atoms with Crippen molar-refractivity contribution < 1.29 is 9.90 Å². The molecule has 76 valence electrons. The average Bonchev–Trinajstić information content (AvgIpc) is 2.11. The van der Waals surface area contributed by atoms with Crippen LogP contribution in [0.3, 0.4) is 0 Å². The average molecular weight is 184 g/mol. The maximum Gasteiger partial charge on any atom is 0.133 e. The Kier molecular flexibility index (Phi) is 4.43. The second-order valence-corrected chi connectivity index (χ2v) is 4.10. The molecule has 0 aromatic carbocycles. The van der Waals surface area contributed by atoms with E-state index in [4.69, 9.17) is 0 Å². The molecule has 0 aliphatic heterocycles. The number of ketones is 1. The minimum Gasteiger partial charge on any atom is -0.393 e. The van der Waals surface area contributed by atoms with Gasteiger partial charge in [-0.2, -0.15) is 0 Å². The SMILES string of the molecule is CCCCCC1CC(=O)CCC1O. The van der Waals surface area contributed by atoms with E-state index >= 15 is 0 Å². The van der Waals surface area contributed by atoms with Crippen molar-refractivity contribution in [1.82, 2.24) is 0 Å². The fourth-order valence-corrected chi connectivity index (χ4v) is 2.03. The molecule has 0 aromatic rings. The number of carbonyl (C=O) groups excluding carboxylic acids is 1. The van der Waals surface area contributed by atoms with E-state index in [2.05, 4.69) is 6.92 Å². The first-order valence-electron chi connectivity index (χ1n) is 5.43. The molecule has 0 spiro atoms. The third kappa shape index (κ3) is 3.47. The van der Waals surface area contributed by atoms with Crippen molar-refractivity contribution in [3.63, 3.8) is 0 Å². The maximum absolute atomic E-state index is 11.1. The van der Waals surface area contributed by atoms with Gasteiger partial charge in [0, 0.05) is 12.8 Å². The molecule has 0 bridgehead atoms. The van der Waals surface area contributed by atoms with Gasteiger partial charge in [-0.25, -0.2) is 0 Å². The lowest BCUT2D eigenvalue weighted by Crippen LogP contribution is -2.29. The highest BCUT2D eigenvalue weighted by molar-refractivity contribution is 5.79. The fourth-order valence-electron chi connectivity index (χ4n) is 2.03. The highest BCUT2D eigenvalue weighted by atomic mass is 16.3. The van der Waals surface area contributed by atoms with E-state index in [1.54, 1.807) is 0 Å². The Morgan fingerprint density at radius 1 is 1.46 bits per heavy atom. The number of aliphatic hydroxyl groups excluding tert-OH is 1. The first kappa shape index (κ1) is 10.7. The number of rotatable bonds is 4. The molecule has 2 nitrogen and oxygen atoms in total. The lowest BCUT2D eigenvalue weighted by Gasteiger charge is -2.26. The molecule has 1 saturated carbocycles. The monoisotopic (exact) mass is 184 g/mol. The van der Waals surface area contributed by atoms with Crippen LogP contribution in [0, 0.1) is 5.92 Å². The molecule has 0 heterocycles. The van der Waals surface area contributed by atoms with E-state index in [1.165, 1.54) is 12.8 Å². The summed E-state index contributed by atoms with van der Waals surface area (Å²) >= 11 is 0. The van der Waals surface area contributed by atoms with Crippen LogP contribution in [-0.4, -0.2) is 17.0 Å². The van der Waals surface area contributed by atoms with E-state index in [1.807, 2.05) is 0 Å². The minimum absolute atomic E-state index is 0.213. The van der Waals surface area contributed by atoms with Crippen LogP contribution in [0.5, 0.6) is 0 Å². The third-order valence-electron chi connectivity index (χ3n) is 2.93. The van der Waals surface area contributed by atoms with E-state index in [-0.39, 0.29) is 12.0 Å². The van der Waals surface area contributed by atoms with Crippen LogP contribution in [0.4, 0.5) is 0 Å². The van der Waals surface area contributed by atoms with Gasteiger partial charge < -0.3 is 5.11 Å². The predicted octanol–water partition coefficient (Wildman–Crippen LogP) is 2.30. The summed E-state index contributed by atoms with van der Waals surface area (Å²) in [6.07, 6.45) is 6.29. The molecule has 0 saturated heterocycles. The Morgan fingerprint density at radius 2 is 2.23 bits per heavy atom. The second-order valence-electron chi connectivity index (χ2n) is 4.10. The standard InChI is InChI=1S/C11H20O2/c1-2-3-4-5-9-8-10(12)6-7-11(9)13/h9,11,13H,2-8H2,1H3.